The van der Waals surface area contributed by atoms with E-state index < -0.39 is 5.91 Å². The minimum atomic E-state index is -0.769. The highest BCUT2D eigenvalue weighted by atomic mass is 127. The highest BCUT2D eigenvalue weighted by Crippen LogP contribution is 2.24. The number of carbonyl (C=O) groups excluding carboxylic acids is 1. The van der Waals surface area contributed by atoms with Crippen molar-refractivity contribution >= 4 is 34.6 Å². The van der Waals surface area contributed by atoms with E-state index in [0.29, 0.717) is 11.5 Å². The van der Waals surface area contributed by atoms with Crippen LogP contribution in [0.5, 0.6) is 0 Å². The molecule has 19 heavy (non-hydrogen) atoms. The maximum atomic E-state index is 10.9. The van der Waals surface area contributed by atoms with E-state index >= 15 is 0 Å². The predicted molar refractivity (Wildman–Crippen MR) is 79.6 cm³/mol. The van der Waals surface area contributed by atoms with Crippen LogP contribution >= 0.6 is 22.6 Å². The van der Waals surface area contributed by atoms with E-state index in [9.17, 15) is 4.79 Å². The van der Waals surface area contributed by atoms with E-state index in [-0.39, 0.29) is 5.57 Å². The van der Waals surface area contributed by atoms with Crippen LogP contribution in [0.2, 0.25) is 0 Å². The summed E-state index contributed by atoms with van der Waals surface area (Å²) in [5.41, 5.74) is 5.85. The van der Waals surface area contributed by atoms with Crippen LogP contribution in [0.3, 0.4) is 0 Å². The Bertz CT molecular complexity index is 678. The fourth-order valence-electron chi connectivity index (χ4n) is 1.50. The topological polar surface area (TPSA) is 80.0 Å². The molecule has 1 heterocycles. The maximum absolute atomic E-state index is 10.9. The molecule has 1 amide bonds. The minimum Gasteiger partial charge on any atom is -0.457 e. The van der Waals surface area contributed by atoms with Gasteiger partial charge in [-0.25, -0.2) is 0 Å². The van der Waals surface area contributed by atoms with Gasteiger partial charge in [-0.1, -0.05) is 12.1 Å². The molecule has 2 rings (SSSR count). The van der Waals surface area contributed by atoms with E-state index in [1.807, 2.05) is 24.3 Å². The Morgan fingerprint density at radius 2 is 1.95 bits per heavy atom. The third kappa shape index (κ3) is 3.23. The zero-order chi connectivity index (χ0) is 13.8. The monoisotopic (exact) mass is 364 g/mol. The van der Waals surface area contributed by atoms with E-state index in [0.717, 1.165) is 9.13 Å². The summed E-state index contributed by atoms with van der Waals surface area (Å²) in [4.78, 5) is 10.9. The molecule has 0 bridgehead atoms. The number of hydrogen-bond acceptors (Lipinski definition) is 3. The van der Waals surface area contributed by atoms with Crippen LogP contribution in [0.4, 0.5) is 0 Å². The first-order valence-corrected chi connectivity index (χ1v) is 6.45. The zero-order valence-electron chi connectivity index (χ0n) is 9.76. The van der Waals surface area contributed by atoms with Crippen LogP contribution in [-0.2, 0) is 4.79 Å². The van der Waals surface area contributed by atoms with Crippen molar-refractivity contribution < 1.29 is 9.21 Å². The number of nitrogens with zero attached hydrogens (tertiary/aromatic N) is 1. The molecule has 0 saturated heterocycles. The van der Waals surface area contributed by atoms with Gasteiger partial charge in [-0.15, -0.1) is 0 Å². The van der Waals surface area contributed by atoms with Crippen molar-refractivity contribution in [3.63, 3.8) is 0 Å². The van der Waals surface area contributed by atoms with Crippen LogP contribution in [0.1, 0.15) is 5.76 Å². The summed E-state index contributed by atoms with van der Waals surface area (Å²) in [6.45, 7) is 0. The van der Waals surface area contributed by atoms with Crippen molar-refractivity contribution in [1.82, 2.24) is 0 Å². The first-order valence-electron chi connectivity index (χ1n) is 5.37. The summed E-state index contributed by atoms with van der Waals surface area (Å²) >= 11 is 2.22. The Labute approximate surface area is 123 Å². The lowest BCUT2D eigenvalue weighted by Crippen LogP contribution is -2.12. The fourth-order valence-corrected chi connectivity index (χ4v) is 1.86. The summed E-state index contributed by atoms with van der Waals surface area (Å²) in [5.74, 6) is 0.322. The van der Waals surface area contributed by atoms with Crippen LogP contribution in [0.15, 0.2) is 46.4 Å². The van der Waals surface area contributed by atoms with Gasteiger partial charge in [0, 0.05) is 15.2 Å². The van der Waals surface area contributed by atoms with Crippen molar-refractivity contribution in [3.05, 3.63) is 51.3 Å². The molecular formula is C14H9IN2O2. The Hall–Kier alpha value is -2.07. The predicted octanol–water partition coefficient (Wildman–Crippen LogP) is 2.94. The number of benzene rings is 1. The molecule has 2 N–H and O–H groups in total. The SMILES string of the molecule is N#C/C(=C\c1ccc(-c2ccc(I)cc2)o1)C(N)=O. The minimum absolute atomic E-state index is 0.136. The second-order valence-corrected chi connectivity index (χ2v) is 4.99. The van der Waals surface area contributed by atoms with Crippen molar-refractivity contribution in [1.29, 1.82) is 5.26 Å². The quantitative estimate of drug-likeness (QED) is 0.517. The molecule has 0 saturated carbocycles. The number of nitriles is 1. The maximum Gasteiger partial charge on any atom is 0.259 e. The lowest BCUT2D eigenvalue weighted by Gasteiger charge is -1.96. The van der Waals surface area contributed by atoms with E-state index in [1.54, 1.807) is 18.2 Å². The van der Waals surface area contributed by atoms with Crippen LogP contribution in [0.25, 0.3) is 17.4 Å². The van der Waals surface area contributed by atoms with Gasteiger partial charge in [0.25, 0.3) is 5.91 Å². The molecule has 0 atom stereocenters. The number of rotatable bonds is 3. The Morgan fingerprint density at radius 1 is 1.26 bits per heavy atom. The zero-order valence-corrected chi connectivity index (χ0v) is 11.9. The lowest BCUT2D eigenvalue weighted by atomic mass is 10.2. The van der Waals surface area contributed by atoms with Crippen molar-refractivity contribution in [2.24, 2.45) is 5.73 Å². The summed E-state index contributed by atoms with van der Waals surface area (Å²) in [6, 6.07) is 13.0. The molecule has 0 radical (unpaired) electrons. The van der Waals surface area contributed by atoms with Crippen LogP contribution in [-0.4, -0.2) is 5.91 Å². The van der Waals surface area contributed by atoms with Crippen molar-refractivity contribution in [2.75, 3.05) is 0 Å². The molecule has 0 aliphatic heterocycles. The summed E-state index contributed by atoms with van der Waals surface area (Å²) in [5, 5.41) is 8.75. The number of primary amides is 1. The van der Waals surface area contributed by atoms with Gasteiger partial charge in [0.2, 0.25) is 0 Å². The van der Waals surface area contributed by atoms with Crippen molar-refractivity contribution in [2.45, 2.75) is 0 Å². The van der Waals surface area contributed by atoms with E-state index in [4.69, 9.17) is 15.4 Å². The first-order chi connectivity index (χ1) is 9.10. The van der Waals surface area contributed by atoms with E-state index in [1.165, 1.54) is 6.08 Å². The van der Waals surface area contributed by atoms with Gasteiger partial charge in [0.05, 0.1) is 0 Å². The smallest absolute Gasteiger partial charge is 0.259 e. The van der Waals surface area contributed by atoms with Gasteiger partial charge in [0.1, 0.15) is 23.2 Å². The molecule has 4 nitrogen and oxygen atoms in total. The number of amides is 1. The third-order valence-corrected chi connectivity index (χ3v) is 3.15. The number of hydrogen-bond donors (Lipinski definition) is 1. The molecule has 0 spiro atoms. The Morgan fingerprint density at radius 3 is 2.53 bits per heavy atom. The van der Waals surface area contributed by atoms with Crippen LogP contribution < -0.4 is 5.73 Å². The molecule has 94 valence electrons. The highest BCUT2D eigenvalue weighted by molar-refractivity contribution is 14.1. The standard InChI is InChI=1S/C14H9IN2O2/c15-11-3-1-9(2-4-11)13-6-5-12(19-13)7-10(8-16)14(17)18/h1-7H,(H2,17,18)/b10-7+. The lowest BCUT2D eigenvalue weighted by molar-refractivity contribution is -0.114. The normalized spacial score (nSPS) is 11.1. The molecular weight excluding hydrogens is 355 g/mol. The molecule has 2 aromatic rings. The fraction of sp³-hybridized carbons (Fsp3) is 0. The van der Waals surface area contributed by atoms with E-state index in [2.05, 4.69) is 22.6 Å². The molecule has 0 unspecified atom stereocenters. The number of halogens is 1. The number of nitrogens with two attached hydrogens (primary N) is 1. The molecule has 5 heteroatoms. The summed E-state index contributed by atoms with van der Waals surface area (Å²) < 4.78 is 6.69. The van der Waals surface area contributed by atoms with Gasteiger partial charge < -0.3 is 10.2 Å². The molecule has 0 fully saturated rings. The number of furan rings is 1. The van der Waals surface area contributed by atoms with Gasteiger partial charge in [0.15, 0.2) is 0 Å². The Kier molecular flexibility index (Phi) is 4.02. The molecule has 0 aliphatic carbocycles. The third-order valence-electron chi connectivity index (χ3n) is 2.43. The Balaban J connectivity index is 2.32. The summed E-state index contributed by atoms with van der Waals surface area (Å²) in [6.07, 6.45) is 1.33. The van der Waals surface area contributed by atoms with Gasteiger partial charge in [-0.05, 0) is 46.9 Å². The molecule has 1 aromatic heterocycles. The summed E-state index contributed by atoms with van der Waals surface area (Å²) in [7, 11) is 0. The highest BCUT2D eigenvalue weighted by Gasteiger charge is 2.07. The average molecular weight is 364 g/mol. The average Bonchev–Trinajstić information content (AvgIpc) is 2.85. The second-order valence-electron chi connectivity index (χ2n) is 3.74. The van der Waals surface area contributed by atoms with Gasteiger partial charge in [-0.2, -0.15) is 5.26 Å². The van der Waals surface area contributed by atoms with Crippen molar-refractivity contribution in [3.8, 4) is 17.4 Å². The largest absolute Gasteiger partial charge is 0.457 e. The molecule has 1 aromatic carbocycles. The number of carbonyl (C=O) groups is 1. The van der Waals surface area contributed by atoms with Gasteiger partial charge >= 0.3 is 0 Å². The first kappa shape index (κ1) is 13.4. The second kappa shape index (κ2) is 5.71. The molecule has 0 aliphatic rings. The van der Waals surface area contributed by atoms with Crippen LogP contribution in [0, 0.1) is 14.9 Å². The van der Waals surface area contributed by atoms with Gasteiger partial charge in [-0.3, -0.25) is 4.79 Å².